The molecule has 0 bridgehead atoms. The van der Waals surface area contributed by atoms with Crippen molar-refractivity contribution in [3.8, 4) is 0 Å². The first-order valence-electron chi connectivity index (χ1n) is 5.91. The highest BCUT2D eigenvalue weighted by Gasteiger charge is 1.96. The van der Waals surface area contributed by atoms with Crippen LogP contribution in [0.1, 0.15) is 18.9 Å². The molecule has 0 fully saturated rings. The lowest BCUT2D eigenvalue weighted by molar-refractivity contribution is 0.200. The summed E-state index contributed by atoms with van der Waals surface area (Å²) in [6.07, 6.45) is 3.25. The highest BCUT2D eigenvalue weighted by Crippen LogP contribution is 2.13. The van der Waals surface area contributed by atoms with Crippen molar-refractivity contribution in [2.24, 2.45) is 0 Å². The summed E-state index contributed by atoms with van der Waals surface area (Å²) in [6.45, 7) is 4.70. The number of benzene rings is 1. The van der Waals surface area contributed by atoms with Crippen LogP contribution in [0, 0.1) is 0 Å². The minimum atomic E-state index is 0.748. The van der Waals surface area contributed by atoms with Gasteiger partial charge in [0.05, 0.1) is 6.61 Å². The standard InChI is InChI=1S/C14H20ClNO/c1-3-12(11-16-8-9-17-2)10-13-4-6-14(15)7-5-13/h4-7,10,16H,3,8-9,11H2,1-2H3. The van der Waals surface area contributed by atoms with E-state index in [0.717, 1.165) is 31.1 Å². The summed E-state index contributed by atoms with van der Waals surface area (Å²) in [5.41, 5.74) is 2.57. The van der Waals surface area contributed by atoms with Crippen molar-refractivity contribution >= 4 is 17.7 Å². The highest BCUT2D eigenvalue weighted by atomic mass is 35.5. The topological polar surface area (TPSA) is 21.3 Å². The number of ether oxygens (including phenoxy) is 1. The molecule has 0 saturated carbocycles. The third-order valence-electron chi connectivity index (χ3n) is 2.53. The Kier molecular flexibility index (Phi) is 6.94. The van der Waals surface area contributed by atoms with Crippen molar-refractivity contribution in [1.29, 1.82) is 0 Å². The molecule has 1 aromatic carbocycles. The van der Waals surface area contributed by atoms with Crippen LogP contribution in [0.15, 0.2) is 29.8 Å². The van der Waals surface area contributed by atoms with E-state index in [1.807, 2.05) is 24.3 Å². The third-order valence-corrected chi connectivity index (χ3v) is 2.78. The van der Waals surface area contributed by atoms with Gasteiger partial charge in [-0.25, -0.2) is 0 Å². The van der Waals surface area contributed by atoms with E-state index in [9.17, 15) is 0 Å². The van der Waals surface area contributed by atoms with Crippen LogP contribution in [-0.4, -0.2) is 26.8 Å². The first kappa shape index (κ1) is 14.2. The molecule has 0 saturated heterocycles. The molecule has 0 heterocycles. The van der Waals surface area contributed by atoms with E-state index in [-0.39, 0.29) is 0 Å². The van der Waals surface area contributed by atoms with Gasteiger partial charge in [0.15, 0.2) is 0 Å². The van der Waals surface area contributed by atoms with Gasteiger partial charge in [-0.1, -0.05) is 42.3 Å². The number of rotatable bonds is 7. The predicted molar refractivity (Wildman–Crippen MR) is 74.5 cm³/mol. The second-order valence-electron chi connectivity index (χ2n) is 3.88. The van der Waals surface area contributed by atoms with Gasteiger partial charge in [-0.05, 0) is 24.1 Å². The minimum Gasteiger partial charge on any atom is -0.383 e. The zero-order valence-electron chi connectivity index (χ0n) is 10.5. The Labute approximate surface area is 109 Å². The van der Waals surface area contributed by atoms with Crippen molar-refractivity contribution in [3.05, 3.63) is 40.4 Å². The first-order chi connectivity index (χ1) is 8.26. The lowest BCUT2D eigenvalue weighted by atomic mass is 10.1. The van der Waals surface area contributed by atoms with Crippen molar-refractivity contribution < 1.29 is 4.74 Å². The van der Waals surface area contributed by atoms with Gasteiger partial charge in [0.25, 0.3) is 0 Å². The molecule has 0 aromatic heterocycles. The average Bonchev–Trinajstić information content (AvgIpc) is 2.35. The predicted octanol–water partition coefficient (Wildman–Crippen LogP) is 3.37. The zero-order chi connectivity index (χ0) is 12.5. The molecule has 0 unspecified atom stereocenters. The van der Waals surface area contributed by atoms with Gasteiger partial charge in [0, 0.05) is 25.2 Å². The molecule has 1 rings (SSSR count). The number of halogens is 1. The molecule has 0 radical (unpaired) electrons. The first-order valence-corrected chi connectivity index (χ1v) is 6.28. The molecular weight excluding hydrogens is 234 g/mol. The van der Waals surface area contributed by atoms with Crippen molar-refractivity contribution in [2.75, 3.05) is 26.8 Å². The Bertz CT molecular complexity index is 346. The zero-order valence-corrected chi connectivity index (χ0v) is 11.3. The Balaban J connectivity index is 2.51. The number of hydrogen-bond acceptors (Lipinski definition) is 2. The van der Waals surface area contributed by atoms with Crippen LogP contribution in [0.3, 0.4) is 0 Å². The van der Waals surface area contributed by atoms with E-state index >= 15 is 0 Å². The van der Waals surface area contributed by atoms with E-state index in [1.54, 1.807) is 7.11 Å². The van der Waals surface area contributed by atoms with Crippen LogP contribution in [0.4, 0.5) is 0 Å². The Morgan fingerprint density at radius 3 is 2.65 bits per heavy atom. The number of nitrogens with one attached hydrogen (secondary N) is 1. The summed E-state index contributed by atoms with van der Waals surface area (Å²) in [5, 5.41) is 4.13. The molecule has 0 amide bonds. The number of hydrogen-bond donors (Lipinski definition) is 1. The van der Waals surface area contributed by atoms with Gasteiger partial charge in [0.1, 0.15) is 0 Å². The molecular formula is C14H20ClNO. The molecule has 0 aliphatic carbocycles. The quantitative estimate of drug-likeness (QED) is 0.753. The molecule has 1 aromatic rings. The maximum Gasteiger partial charge on any atom is 0.0587 e. The average molecular weight is 254 g/mol. The lowest BCUT2D eigenvalue weighted by Gasteiger charge is -2.07. The fourth-order valence-corrected chi connectivity index (χ4v) is 1.62. The molecule has 3 heteroatoms. The van der Waals surface area contributed by atoms with Gasteiger partial charge in [0.2, 0.25) is 0 Å². The van der Waals surface area contributed by atoms with Crippen LogP contribution in [0.2, 0.25) is 5.02 Å². The second kappa shape index (κ2) is 8.29. The second-order valence-corrected chi connectivity index (χ2v) is 4.31. The molecule has 2 nitrogen and oxygen atoms in total. The van der Waals surface area contributed by atoms with E-state index in [1.165, 1.54) is 11.1 Å². The monoisotopic (exact) mass is 253 g/mol. The Morgan fingerprint density at radius 1 is 1.35 bits per heavy atom. The maximum atomic E-state index is 5.85. The van der Waals surface area contributed by atoms with Crippen molar-refractivity contribution in [2.45, 2.75) is 13.3 Å². The van der Waals surface area contributed by atoms with Crippen LogP contribution < -0.4 is 5.32 Å². The summed E-state index contributed by atoms with van der Waals surface area (Å²) in [5.74, 6) is 0. The summed E-state index contributed by atoms with van der Waals surface area (Å²) in [6, 6.07) is 7.90. The number of methoxy groups -OCH3 is 1. The summed E-state index contributed by atoms with van der Waals surface area (Å²) in [4.78, 5) is 0. The van der Waals surface area contributed by atoms with E-state index in [4.69, 9.17) is 16.3 Å². The van der Waals surface area contributed by atoms with Gasteiger partial charge >= 0.3 is 0 Å². The molecule has 0 aliphatic rings. The van der Waals surface area contributed by atoms with E-state index in [2.05, 4.69) is 18.3 Å². The van der Waals surface area contributed by atoms with Gasteiger partial charge in [-0.15, -0.1) is 0 Å². The van der Waals surface area contributed by atoms with Crippen LogP contribution in [0.25, 0.3) is 6.08 Å². The van der Waals surface area contributed by atoms with Gasteiger partial charge in [-0.3, -0.25) is 0 Å². The van der Waals surface area contributed by atoms with Crippen LogP contribution in [0.5, 0.6) is 0 Å². The minimum absolute atomic E-state index is 0.748. The molecule has 17 heavy (non-hydrogen) atoms. The lowest BCUT2D eigenvalue weighted by Crippen LogP contribution is -2.21. The third kappa shape index (κ3) is 5.87. The largest absolute Gasteiger partial charge is 0.383 e. The molecule has 0 atom stereocenters. The SMILES string of the molecule is CCC(=Cc1ccc(Cl)cc1)CNCCOC. The van der Waals surface area contributed by atoms with Crippen LogP contribution >= 0.6 is 11.6 Å². The van der Waals surface area contributed by atoms with Gasteiger partial charge < -0.3 is 10.1 Å². The highest BCUT2D eigenvalue weighted by molar-refractivity contribution is 6.30. The fraction of sp³-hybridized carbons (Fsp3) is 0.429. The maximum absolute atomic E-state index is 5.85. The summed E-state index contributed by atoms with van der Waals surface area (Å²) < 4.78 is 4.99. The van der Waals surface area contributed by atoms with Crippen molar-refractivity contribution in [1.82, 2.24) is 5.32 Å². The smallest absolute Gasteiger partial charge is 0.0587 e. The Morgan fingerprint density at radius 2 is 2.06 bits per heavy atom. The molecule has 0 spiro atoms. The van der Waals surface area contributed by atoms with Crippen molar-refractivity contribution in [3.63, 3.8) is 0 Å². The van der Waals surface area contributed by atoms with E-state index < -0.39 is 0 Å². The molecule has 1 N–H and O–H groups in total. The normalized spacial score (nSPS) is 11.8. The molecule has 94 valence electrons. The van der Waals surface area contributed by atoms with Crippen LogP contribution in [-0.2, 0) is 4.74 Å². The van der Waals surface area contributed by atoms with Gasteiger partial charge in [-0.2, -0.15) is 0 Å². The van der Waals surface area contributed by atoms with E-state index in [0.29, 0.717) is 0 Å². The fourth-order valence-electron chi connectivity index (χ4n) is 1.50. The summed E-state index contributed by atoms with van der Waals surface area (Å²) in [7, 11) is 1.71. The summed E-state index contributed by atoms with van der Waals surface area (Å²) >= 11 is 5.85. The molecule has 0 aliphatic heterocycles. The Hall–Kier alpha value is -0.830.